The molecule has 0 radical (unpaired) electrons. The van der Waals surface area contributed by atoms with Gasteiger partial charge in [-0.25, -0.2) is 0 Å². The minimum absolute atomic E-state index is 0.0442. The van der Waals surface area contributed by atoms with Gasteiger partial charge in [0.25, 0.3) is 0 Å². The van der Waals surface area contributed by atoms with E-state index in [1.165, 1.54) is 50.0 Å². The highest BCUT2D eigenvalue weighted by atomic mass is 16.5. The molecule has 0 aliphatic carbocycles. The second kappa shape index (κ2) is 6.15. The van der Waals surface area contributed by atoms with Gasteiger partial charge in [-0.1, -0.05) is 18.2 Å². The number of ether oxygens (including phenoxy) is 1. The predicted octanol–water partition coefficient (Wildman–Crippen LogP) is 2.95. The highest BCUT2D eigenvalue weighted by molar-refractivity contribution is 5.54. The molecule has 2 aliphatic rings. The summed E-state index contributed by atoms with van der Waals surface area (Å²) in [5.74, 6) is 0. The van der Waals surface area contributed by atoms with E-state index >= 15 is 0 Å². The summed E-state index contributed by atoms with van der Waals surface area (Å²) in [7, 11) is 0. The van der Waals surface area contributed by atoms with Gasteiger partial charge in [-0.05, 0) is 44.2 Å². The van der Waals surface area contributed by atoms with Crippen LogP contribution < -0.4 is 10.2 Å². The number of rotatable bonds is 5. The number of anilines is 1. The summed E-state index contributed by atoms with van der Waals surface area (Å²) < 4.78 is 5.84. The molecule has 2 heterocycles. The van der Waals surface area contributed by atoms with Crippen LogP contribution in [0.5, 0.6) is 0 Å². The second-order valence-corrected chi connectivity index (χ2v) is 6.33. The van der Waals surface area contributed by atoms with Crippen LogP contribution in [-0.2, 0) is 11.3 Å². The standard InChI is InChI=1S/C17H26N2O/c1-17(9-6-12-20-17)14-18-13-15-7-2-3-8-16(15)19-10-4-5-11-19/h2-3,7-8,18H,4-6,9-14H2,1H3. The van der Waals surface area contributed by atoms with Gasteiger partial charge in [0, 0.05) is 38.5 Å². The molecule has 0 aromatic heterocycles. The molecule has 1 aromatic rings. The fourth-order valence-corrected chi connectivity index (χ4v) is 3.36. The Morgan fingerprint density at radius 1 is 1.20 bits per heavy atom. The van der Waals surface area contributed by atoms with E-state index in [1.54, 1.807) is 0 Å². The van der Waals surface area contributed by atoms with Crippen LogP contribution in [0.2, 0.25) is 0 Å². The van der Waals surface area contributed by atoms with Crippen molar-refractivity contribution < 1.29 is 4.74 Å². The third-order valence-electron chi connectivity index (χ3n) is 4.55. The van der Waals surface area contributed by atoms with Crippen molar-refractivity contribution in [1.82, 2.24) is 5.32 Å². The first-order valence-corrected chi connectivity index (χ1v) is 7.94. The summed E-state index contributed by atoms with van der Waals surface area (Å²) in [4.78, 5) is 2.52. The van der Waals surface area contributed by atoms with Crippen molar-refractivity contribution in [3.05, 3.63) is 29.8 Å². The van der Waals surface area contributed by atoms with Gasteiger partial charge < -0.3 is 15.0 Å². The Morgan fingerprint density at radius 2 is 2.00 bits per heavy atom. The maximum atomic E-state index is 5.84. The summed E-state index contributed by atoms with van der Waals surface area (Å²) >= 11 is 0. The first-order valence-electron chi connectivity index (χ1n) is 7.94. The summed E-state index contributed by atoms with van der Waals surface area (Å²) in [6, 6.07) is 8.80. The third kappa shape index (κ3) is 3.15. The molecule has 0 bridgehead atoms. The van der Waals surface area contributed by atoms with E-state index in [9.17, 15) is 0 Å². The molecule has 3 heteroatoms. The Bertz CT molecular complexity index is 434. The SMILES string of the molecule is CC1(CNCc2ccccc2N2CCCC2)CCCO1. The lowest BCUT2D eigenvalue weighted by Crippen LogP contribution is -2.37. The van der Waals surface area contributed by atoms with Crippen molar-refractivity contribution in [3.63, 3.8) is 0 Å². The van der Waals surface area contributed by atoms with Crippen LogP contribution in [0.25, 0.3) is 0 Å². The van der Waals surface area contributed by atoms with E-state index in [4.69, 9.17) is 4.74 Å². The Morgan fingerprint density at radius 3 is 2.75 bits per heavy atom. The van der Waals surface area contributed by atoms with Crippen LogP contribution in [-0.4, -0.2) is 31.8 Å². The normalized spacial score (nSPS) is 26.4. The molecule has 20 heavy (non-hydrogen) atoms. The molecule has 0 saturated carbocycles. The number of hydrogen-bond donors (Lipinski definition) is 1. The van der Waals surface area contributed by atoms with Crippen LogP contribution in [0, 0.1) is 0 Å². The molecule has 1 N–H and O–H groups in total. The van der Waals surface area contributed by atoms with Crippen LogP contribution in [0.4, 0.5) is 5.69 Å². The van der Waals surface area contributed by atoms with E-state index in [0.717, 1.165) is 19.7 Å². The van der Waals surface area contributed by atoms with E-state index < -0.39 is 0 Å². The van der Waals surface area contributed by atoms with Gasteiger partial charge in [-0.2, -0.15) is 0 Å². The lowest BCUT2D eigenvalue weighted by molar-refractivity contribution is 0.0207. The van der Waals surface area contributed by atoms with E-state index in [-0.39, 0.29) is 5.60 Å². The molecule has 0 amide bonds. The van der Waals surface area contributed by atoms with Gasteiger partial charge in [-0.3, -0.25) is 0 Å². The molecular formula is C17H26N2O. The van der Waals surface area contributed by atoms with Crippen LogP contribution in [0.3, 0.4) is 0 Å². The van der Waals surface area contributed by atoms with Gasteiger partial charge in [0.1, 0.15) is 0 Å². The fourth-order valence-electron chi connectivity index (χ4n) is 3.36. The lowest BCUT2D eigenvalue weighted by Gasteiger charge is -2.25. The Balaban J connectivity index is 1.59. The zero-order valence-electron chi connectivity index (χ0n) is 12.5. The van der Waals surface area contributed by atoms with Crippen molar-refractivity contribution >= 4 is 5.69 Å². The fraction of sp³-hybridized carbons (Fsp3) is 0.647. The average Bonchev–Trinajstić information content (AvgIpc) is 3.11. The van der Waals surface area contributed by atoms with Crippen molar-refractivity contribution in [2.24, 2.45) is 0 Å². The summed E-state index contributed by atoms with van der Waals surface area (Å²) in [5, 5.41) is 3.60. The van der Waals surface area contributed by atoms with Crippen LogP contribution in [0.15, 0.2) is 24.3 Å². The van der Waals surface area contributed by atoms with E-state index in [0.29, 0.717) is 0 Å². The highest BCUT2D eigenvalue weighted by Crippen LogP contribution is 2.26. The molecule has 3 rings (SSSR count). The Hall–Kier alpha value is -1.06. The van der Waals surface area contributed by atoms with Crippen molar-refractivity contribution in [2.75, 3.05) is 31.1 Å². The number of nitrogens with one attached hydrogen (secondary N) is 1. The summed E-state index contributed by atoms with van der Waals surface area (Å²) in [5.41, 5.74) is 2.87. The number of para-hydroxylation sites is 1. The molecule has 110 valence electrons. The number of hydrogen-bond acceptors (Lipinski definition) is 3. The van der Waals surface area contributed by atoms with Gasteiger partial charge in [-0.15, -0.1) is 0 Å². The summed E-state index contributed by atoms with van der Waals surface area (Å²) in [6.07, 6.45) is 5.03. The molecule has 0 spiro atoms. The summed E-state index contributed by atoms with van der Waals surface area (Å²) in [6.45, 7) is 7.44. The first-order chi connectivity index (χ1) is 9.77. The van der Waals surface area contributed by atoms with E-state index in [1.807, 2.05) is 0 Å². The monoisotopic (exact) mass is 274 g/mol. The maximum Gasteiger partial charge on any atom is 0.0779 e. The predicted molar refractivity (Wildman–Crippen MR) is 83.2 cm³/mol. The topological polar surface area (TPSA) is 24.5 Å². The first kappa shape index (κ1) is 13.9. The number of nitrogens with zero attached hydrogens (tertiary/aromatic N) is 1. The second-order valence-electron chi connectivity index (χ2n) is 6.33. The minimum atomic E-state index is 0.0442. The minimum Gasteiger partial charge on any atom is -0.374 e. The zero-order valence-corrected chi connectivity index (χ0v) is 12.5. The molecule has 1 unspecified atom stereocenters. The van der Waals surface area contributed by atoms with Crippen LogP contribution >= 0.6 is 0 Å². The molecule has 2 aliphatic heterocycles. The average molecular weight is 274 g/mol. The van der Waals surface area contributed by atoms with Gasteiger partial charge in [0.05, 0.1) is 5.60 Å². The molecule has 1 atom stereocenters. The van der Waals surface area contributed by atoms with Crippen LogP contribution in [0.1, 0.15) is 38.2 Å². The molecule has 2 fully saturated rings. The maximum absolute atomic E-state index is 5.84. The van der Waals surface area contributed by atoms with E-state index in [2.05, 4.69) is 41.4 Å². The largest absolute Gasteiger partial charge is 0.374 e. The molecular weight excluding hydrogens is 248 g/mol. The van der Waals surface area contributed by atoms with Gasteiger partial charge >= 0.3 is 0 Å². The van der Waals surface area contributed by atoms with Gasteiger partial charge in [0.2, 0.25) is 0 Å². The Kier molecular flexibility index (Phi) is 4.27. The van der Waals surface area contributed by atoms with Gasteiger partial charge in [0.15, 0.2) is 0 Å². The quantitative estimate of drug-likeness (QED) is 0.893. The molecule has 2 saturated heterocycles. The smallest absolute Gasteiger partial charge is 0.0779 e. The lowest BCUT2D eigenvalue weighted by atomic mass is 10.0. The van der Waals surface area contributed by atoms with Crippen molar-refractivity contribution in [3.8, 4) is 0 Å². The zero-order chi connectivity index (χ0) is 13.8. The molecule has 1 aromatic carbocycles. The third-order valence-corrected chi connectivity index (χ3v) is 4.55. The molecule has 3 nitrogen and oxygen atoms in total. The number of benzene rings is 1. The highest BCUT2D eigenvalue weighted by Gasteiger charge is 2.29. The van der Waals surface area contributed by atoms with Crippen molar-refractivity contribution in [1.29, 1.82) is 0 Å². The Labute approximate surface area is 122 Å². The van der Waals surface area contributed by atoms with Crippen molar-refractivity contribution in [2.45, 2.75) is 44.8 Å².